The first-order valence-electron chi connectivity index (χ1n) is 12.2. The number of piperidine rings is 1. The van der Waals surface area contributed by atoms with Gasteiger partial charge < -0.3 is 10.1 Å². The van der Waals surface area contributed by atoms with E-state index in [1.165, 1.54) is 29.2 Å². The van der Waals surface area contributed by atoms with Crippen LogP contribution < -0.4 is 5.32 Å². The van der Waals surface area contributed by atoms with Gasteiger partial charge in [0.2, 0.25) is 5.91 Å². The van der Waals surface area contributed by atoms with Gasteiger partial charge in [0.25, 0.3) is 0 Å². The molecule has 1 N–H and O–H groups in total. The van der Waals surface area contributed by atoms with E-state index in [-0.39, 0.29) is 29.5 Å². The number of carbonyl (C=O) groups is 2. The molecule has 37 heavy (non-hydrogen) atoms. The summed E-state index contributed by atoms with van der Waals surface area (Å²) in [5.41, 5.74) is 0.223. The van der Waals surface area contributed by atoms with Gasteiger partial charge in [0.15, 0.2) is 0 Å². The molecule has 1 aliphatic heterocycles. The van der Waals surface area contributed by atoms with Crippen LogP contribution in [0, 0.1) is 40.2 Å². The third kappa shape index (κ3) is 5.56. The number of likely N-dealkylation sites (tertiary alicyclic amines) is 1. The number of halogens is 2. The molecule has 9 heteroatoms. The molecule has 1 heterocycles. The Morgan fingerprint density at radius 1 is 1.11 bits per heavy atom. The minimum atomic E-state index is -1.01. The third-order valence-corrected chi connectivity index (χ3v) is 6.83. The Bertz CT molecular complexity index is 1310. The number of hydrogen-bond acceptors (Lipinski definition) is 5. The van der Waals surface area contributed by atoms with E-state index in [0.29, 0.717) is 17.5 Å². The molecule has 2 fully saturated rings. The Morgan fingerprint density at radius 2 is 1.78 bits per heavy atom. The number of nitrogens with one attached hydrogen (secondary N) is 1. The average Bonchev–Trinajstić information content (AvgIpc) is 3.45. The maximum atomic E-state index is 14.9. The van der Waals surface area contributed by atoms with Crippen molar-refractivity contribution >= 4 is 12.0 Å². The van der Waals surface area contributed by atoms with Crippen molar-refractivity contribution in [2.45, 2.75) is 70.2 Å². The molecule has 2 bridgehead atoms. The molecule has 4 atom stereocenters. The molecule has 4 rings (SSSR count). The summed E-state index contributed by atoms with van der Waals surface area (Å²) in [7, 11) is 0. The minimum absolute atomic E-state index is 0.0132. The van der Waals surface area contributed by atoms with Crippen LogP contribution in [0.25, 0.3) is 11.1 Å². The van der Waals surface area contributed by atoms with E-state index in [1.54, 1.807) is 32.9 Å². The zero-order valence-corrected chi connectivity index (χ0v) is 20.9. The molecule has 7 nitrogen and oxygen atoms in total. The summed E-state index contributed by atoms with van der Waals surface area (Å²) in [6.45, 7) is 5.28. The summed E-state index contributed by atoms with van der Waals surface area (Å²) in [6, 6.07) is 10.3. The average molecular weight is 507 g/mol. The number of hydrogen-bond donors (Lipinski definition) is 1. The molecule has 1 aliphatic carbocycles. The van der Waals surface area contributed by atoms with E-state index in [0.717, 1.165) is 18.9 Å². The second kappa shape index (κ2) is 10.2. The third-order valence-electron chi connectivity index (χ3n) is 6.83. The maximum Gasteiger partial charge on any atom is 0.411 e. The van der Waals surface area contributed by atoms with Crippen LogP contribution in [0.3, 0.4) is 0 Å². The molecule has 1 unspecified atom stereocenters. The fraction of sp³-hybridized carbons (Fsp3) is 0.429. The smallest absolute Gasteiger partial charge is 0.411 e. The highest BCUT2D eigenvalue weighted by molar-refractivity contribution is 5.87. The van der Waals surface area contributed by atoms with Crippen molar-refractivity contribution in [1.29, 1.82) is 10.5 Å². The second-order valence-corrected chi connectivity index (χ2v) is 10.6. The molecule has 2 aliphatic rings. The molecule has 1 saturated heterocycles. The van der Waals surface area contributed by atoms with Crippen LogP contribution in [0.5, 0.6) is 0 Å². The number of fused-ring (bicyclic) bond motifs is 2. The molecular formula is C28H28F2N4O3. The second-order valence-electron chi connectivity index (χ2n) is 10.6. The summed E-state index contributed by atoms with van der Waals surface area (Å²) in [5, 5.41) is 21.3. The van der Waals surface area contributed by atoms with Crippen molar-refractivity contribution in [2.24, 2.45) is 5.92 Å². The number of nitriles is 2. The van der Waals surface area contributed by atoms with Crippen molar-refractivity contribution in [3.8, 4) is 23.3 Å². The molecule has 0 spiro atoms. The van der Waals surface area contributed by atoms with Gasteiger partial charge in [-0.2, -0.15) is 10.5 Å². The van der Waals surface area contributed by atoms with Gasteiger partial charge in [0.05, 0.1) is 11.6 Å². The summed E-state index contributed by atoms with van der Waals surface area (Å²) >= 11 is 0. The molecule has 2 amide bonds. The Balaban J connectivity index is 1.46. The van der Waals surface area contributed by atoms with E-state index < -0.39 is 41.3 Å². The van der Waals surface area contributed by atoms with Gasteiger partial charge in [-0.25, -0.2) is 13.6 Å². The molecule has 0 radical (unpaired) electrons. The minimum Gasteiger partial charge on any atom is -0.444 e. The topological polar surface area (TPSA) is 106 Å². The molecule has 1 saturated carbocycles. The first kappa shape index (κ1) is 26.1. The first-order valence-corrected chi connectivity index (χ1v) is 12.2. The predicted octanol–water partition coefficient (Wildman–Crippen LogP) is 4.84. The van der Waals surface area contributed by atoms with Crippen molar-refractivity contribution < 1.29 is 23.1 Å². The van der Waals surface area contributed by atoms with Crippen LogP contribution in [0.1, 0.15) is 51.2 Å². The summed E-state index contributed by atoms with van der Waals surface area (Å²) in [4.78, 5) is 27.5. The van der Waals surface area contributed by atoms with E-state index in [1.807, 2.05) is 6.07 Å². The van der Waals surface area contributed by atoms with Gasteiger partial charge in [0.1, 0.15) is 35.4 Å². The number of ether oxygens (including phenoxy) is 1. The van der Waals surface area contributed by atoms with Gasteiger partial charge in [-0.1, -0.05) is 18.2 Å². The first-order chi connectivity index (χ1) is 17.5. The predicted molar refractivity (Wildman–Crippen MR) is 131 cm³/mol. The molecule has 192 valence electrons. The Hall–Kier alpha value is -3.98. The van der Waals surface area contributed by atoms with Crippen LogP contribution in [-0.2, 0) is 16.0 Å². The van der Waals surface area contributed by atoms with Gasteiger partial charge in [-0.3, -0.25) is 9.69 Å². The van der Waals surface area contributed by atoms with E-state index >= 15 is 0 Å². The van der Waals surface area contributed by atoms with Crippen LogP contribution in [0.2, 0.25) is 0 Å². The normalized spacial score (nSPS) is 21.2. The van der Waals surface area contributed by atoms with Crippen molar-refractivity contribution in [3.63, 3.8) is 0 Å². The van der Waals surface area contributed by atoms with Gasteiger partial charge in [0, 0.05) is 12.5 Å². The Kier molecular flexibility index (Phi) is 7.18. The lowest BCUT2D eigenvalue weighted by molar-refractivity contribution is -0.128. The fourth-order valence-electron chi connectivity index (χ4n) is 5.19. The van der Waals surface area contributed by atoms with Crippen molar-refractivity contribution in [2.75, 3.05) is 0 Å². The monoisotopic (exact) mass is 506 g/mol. The number of amides is 2. The summed E-state index contributed by atoms with van der Waals surface area (Å²) in [6.07, 6.45) is 1.69. The quantitative estimate of drug-likeness (QED) is 0.625. The van der Waals surface area contributed by atoms with Gasteiger partial charge >= 0.3 is 6.09 Å². The summed E-state index contributed by atoms with van der Waals surface area (Å²) in [5.74, 6) is -1.76. The van der Waals surface area contributed by atoms with Crippen LogP contribution in [0.15, 0.2) is 36.4 Å². The van der Waals surface area contributed by atoms with Gasteiger partial charge in [-0.15, -0.1) is 0 Å². The number of benzene rings is 2. The lowest BCUT2D eigenvalue weighted by Gasteiger charge is -2.35. The standard InChI is InChI=1S/C28H28F2N4O3/c1-28(2,3)37-27(36)34-22-9-8-19(11-22)25(34)26(35)33-21(15-32)10-18-6-4-16(12-23(18)29)17-5-7-20(14-31)24(30)13-17/h4-7,12-13,19,21-22,25H,8-11H2,1-3H3,(H,33,35)/t19-,21?,22+,25-/m0/s1. The lowest BCUT2D eigenvalue weighted by Crippen LogP contribution is -2.55. The molecular weight excluding hydrogens is 478 g/mol. The zero-order valence-electron chi connectivity index (χ0n) is 20.9. The van der Waals surface area contributed by atoms with Crippen molar-refractivity contribution in [3.05, 3.63) is 59.2 Å². The highest BCUT2D eigenvalue weighted by Gasteiger charge is 2.52. The molecule has 0 aromatic heterocycles. The fourth-order valence-corrected chi connectivity index (χ4v) is 5.19. The lowest BCUT2D eigenvalue weighted by atomic mass is 9.96. The Labute approximate surface area is 214 Å². The largest absolute Gasteiger partial charge is 0.444 e. The molecule has 2 aromatic rings. The van der Waals surface area contributed by atoms with E-state index in [9.17, 15) is 23.6 Å². The van der Waals surface area contributed by atoms with Gasteiger partial charge in [-0.05, 0) is 80.8 Å². The Morgan fingerprint density at radius 3 is 2.38 bits per heavy atom. The van der Waals surface area contributed by atoms with Crippen LogP contribution >= 0.6 is 0 Å². The van der Waals surface area contributed by atoms with Crippen LogP contribution in [0.4, 0.5) is 13.6 Å². The number of rotatable bonds is 5. The highest BCUT2D eigenvalue weighted by Crippen LogP contribution is 2.43. The van der Waals surface area contributed by atoms with E-state index in [4.69, 9.17) is 10.00 Å². The van der Waals surface area contributed by atoms with E-state index in [2.05, 4.69) is 5.32 Å². The number of carbonyl (C=O) groups excluding carboxylic acids is 2. The highest BCUT2D eigenvalue weighted by atomic mass is 19.1. The molecule has 2 aromatic carbocycles. The summed E-state index contributed by atoms with van der Waals surface area (Å²) < 4.78 is 34.4. The van der Waals surface area contributed by atoms with Crippen molar-refractivity contribution in [1.82, 2.24) is 10.2 Å². The number of nitrogens with zero attached hydrogens (tertiary/aromatic N) is 3. The maximum absolute atomic E-state index is 14.9. The van der Waals surface area contributed by atoms with Crippen LogP contribution in [-0.4, -0.2) is 40.6 Å². The zero-order chi connectivity index (χ0) is 26.9. The SMILES string of the molecule is CC(C)(C)OC(=O)N1[C@@H]2CC[C@@H](C2)[C@H]1C(=O)NC(C#N)Cc1ccc(-c2ccc(C#N)c(F)c2)cc1F.